The third-order valence-corrected chi connectivity index (χ3v) is 6.93. The number of carboxylic acids is 3. The molecule has 45 heavy (non-hydrogen) atoms. The molecule has 1 heterocycles. The molecular formula is C27H47N7O11. The number of hydrogen-bond donors (Lipinski definition) is 7. The quantitative estimate of drug-likeness (QED) is 0.0521. The summed E-state index contributed by atoms with van der Waals surface area (Å²) in [5, 5.41) is 44.3. The van der Waals surface area contributed by atoms with Crippen molar-refractivity contribution in [2.45, 2.75) is 31.7 Å². The van der Waals surface area contributed by atoms with E-state index in [-0.39, 0.29) is 77.1 Å². The normalized spacial score (nSPS) is 16.8. The summed E-state index contributed by atoms with van der Waals surface area (Å²) in [4.78, 5) is 87.8. The van der Waals surface area contributed by atoms with Gasteiger partial charge in [0.2, 0.25) is 17.7 Å². The van der Waals surface area contributed by atoms with Crippen molar-refractivity contribution < 1.29 is 54.0 Å². The van der Waals surface area contributed by atoms with Crippen LogP contribution in [0, 0.1) is 0 Å². The summed E-state index contributed by atoms with van der Waals surface area (Å²) in [7, 11) is 0. The van der Waals surface area contributed by atoms with E-state index in [2.05, 4.69) is 16.0 Å². The number of aliphatic carboxylic acids is 3. The van der Waals surface area contributed by atoms with Crippen LogP contribution in [0.4, 0.5) is 0 Å². The second-order valence-corrected chi connectivity index (χ2v) is 10.7. The number of carbonyl (C=O) groups excluding carboxylic acids is 4. The number of nitrogens with one attached hydrogen (secondary N) is 3. The molecule has 0 saturated carbocycles. The lowest BCUT2D eigenvalue weighted by atomic mass is 10.2. The molecule has 1 aliphatic rings. The van der Waals surface area contributed by atoms with Gasteiger partial charge in [-0.05, 0) is 12.8 Å². The van der Waals surface area contributed by atoms with E-state index in [0.717, 1.165) is 0 Å². The Morgan fingerprint density at radius 1 is 0.600 bits per heavy atom. The topological polar surface area (TPSA) is 249 Å². The number of amides is 3. The van der Waals surface area contributed by atoms with E-state index in [9.17, 15) is 48.9 Å². The number of carbonyl (C=O) groups is 7. The largest absolute Gasteiger partial charge is 0.480 e. The van der Waals surface area contributed by atoms with Crippen molar-refractivity contribution in [1.82, 2.24) is 35.6 Å². The molecule has 1 rings (SSSR count). The Balaban J connectivity index is 2.55. The summed E-state index contributed by atoms with van der Waals surface area (Å²) >= 11 is 0. The van der Waals surface area contributed by atoms with E-state index in [1.165, 1.54) is 0 Å². The van der Waals surface area contributed by atoms with Gasteiger partial charge in [-0.25, -0.2) is 0 Å². The zero-order valence-corrected chi connectivity index (χ0v) is 25.5. The zero-order valence-electron chi connectivity index (χ0n) is 25.5. The number of aliphatic hydroxyl groups excluding tert-OH is 1. The molecule has 18 nitrogen and oxygen atoms in total. The molecule has 3 amide bonds. The van der Waals surface area contributed by atoms with E-state index < -0.39 is 36.5 Å². The van der Waals surface area contributed by atoms with Crippen LogP contribution in [0.25, 0.3) is 0 Å². The third kappa shape index (κ3) is 20.0. The van der Waals surface area contributed by atoms with Crippen molar-refractivity contribution in [1.29, 1.82) is 0 Å². The minimum atomic E-state index is -1.04. The average Bonchev–Trinajstić information content (AvgIpc) is 2.97. The van der Waals surface area contributed by atoms with Gasteiger partial charge in [-0.2, -0.15) is 0 Å². The lowest BCUT2D eigenvalue weighted by Crippen LogP contribution is -2.49. The Hall–Kier alpha value is -3.71. The zero-order chi connectivity index (χ0) is 33.6. The first-order valence-electron chi connectivity index (χ1n) is 14.9. The van der Waals surface area contributed by atoms with Gasteiger partial charge in [-0.3, -0.25) is 48.4 Å². The van der Waals surface area contributed by atoms with Crippen molar-refractivity contribution in [3.63, 3.8) is 0 Å². The SMILES string of the molecule is O=C[C@H](CO)NC(=O)CNC(=O)CCCCCNC(=O)CN1CCN(CC(=O)O)CCN(CC(=O)O)CCN(CC(=O)O)CC1. The minimum absolute atomic E-state index is 0.0126. The molecule has 0 radical (unpaired) electrons. The fraction of sp³-hybridized carbons (Fsp3) is 0.741. The van der Waals surface area contributed by atoms with Crippen LogP contribution in [0.1, 0.15) is 25.7 Å². The first-order valence-corrected chi connectivity index (χ1v) is 14.9. The lowest BCUT2D eigenvalue weighted by molar-refractivity contribution is -0.140. The summed E-state index contributed by atoms with van der Waals surface area (Å²) in [6.45, 7) is 1.19. The molecule has 0 spiro atoms. The van der Waals surface area contributed by atoms with Crippen LogP contribution in [0.5, 0.6) is 0 Å². The molecule has 18 heteroatoms. The molecule has 7 N–H and O–H groups in total. The van der Waals surface area contributed by atoms with Crippen LogP contribution in [0.2, 0.25) is 0 Å². The molecule has 0 unspecified atom stereocenters. The molecule has 0 aromatic rings. The van der Waals surface area contributed by atoms with Gasteiger partial charge in [-0.1, -0.05) is 6.42 Å². The summed E-state index contributed by atoms with van der Waals surface area (Å²) < 4.78 is 0. The molecule has 0 aromatic carbocycles. The number of unbranched alkanes of at least 4 members (excludes halogenated alkanes) is 2. The van der Waals surface area contributed by atoms with E-state index in [0.29, 0.717) is 58.3 Å². The third-order valence-electron chi connectivity index (χ3n) is 6.93. The van der Waals surface area contributed by atoms with Crippen LogP contribution in [0.3, 0.4) is 0 Å². The highest BCUT2D eigenvalue weighted by Crippen LogP contribution is 2.02. The molecule has 1 saturated heterocycles. The number of aliphatic hydroxyl groups is 1. The highest BCUT2D eigenvalue weighted by molar-refractivity contribution is 5.86. The van der Waals surface area contributed by atoms with Crippen LogP contribution in [0.15, 0.2) is 0 Å². The highest BCUT2D eigenvalue weighted by atomic mass is 16.4. The minimum Gasteiger partial charge on any atom is -0.480 e. The Labute approximate surface area is 261 Å². The van der Waals surface area contributed by atoms with Gasteiger partial charge in [-0.15, -0.1) is 0 Å². The van der Waals surface area contributed by atoms with Crippen molar-refractivity contribution in [2.75, 3.05) is 98.2 Å². The predicted molar refractivity (Wildman–Crippen MR) is 158 cm³/mol. The standard InChI is InChI=1S/C27H47N7O11/c35-19-21(20-36)30-23(38)14-29-22(37)4-2-1-3-5-28-24(39)15-31-6-8-32(16-25(40)41)10-12-34(18-27(44)45)13-11-33(9-7-31)17-26(42)43/h19,21,36H,1-18,20H2,(H,28,39)(H,29,37)(H,30,38)(H,40,41)(H,42,43)(H,44,45)/t21-/m1/s1. The van der Waals surface area contributed by atoms with Gasteiger partial charge in [0, 0.05) is 65.3 Å². The second kappa shape index (κ2) is 22.7. The van der Waals surface area contributed by atoms with E-state index in [1.54, 1.807) is 14.7 Å². The van der Waals surface area contributed by atoms with E-state index in [1.807, 2.05) is 4.90 Å². The van der Waals surface area contributed by atoms with E-state index >= 15 is 0 Å². The van der Waals surface area contributed by atoms with Gasteiger partial charge in [0.1, 0.15) is 12.3 Å². The second-order valence-electron chi connectivity index (χ2n) is 10.7. The van der Waals surface area contributed by atoms with Crippen LogP contribution < -0.4 is 16.0 Å². The maximum atomic E-state index is 12.7. The lowest BCUT2D eigenvalue weighted by Gasteiger charge is -2.32. The Bertz CT molecular complexity index is 953. The van der Waals surface area contributed by atoms with Gasteiger partial charge >= 0.3 is 17.9 Å². The monoisotopic (exact) mass is 645 g/mol. The van der Waals surface area contributed by atoms with Gasteiger partial charge in [0.05, 0.1) is 39.3 Å². The van der Waals surface area contributed by atoms with Crippen LogP contribution >= 0.6 is 0 Å². The maximum Gasteiger partial charge on any atom is 0.317 e. The Morgan fingerprint density at radius 2 is 1.04 bits per heavy atom. The maximum absolute atomic E-state index is 12.7. The number of carboxylic acid groups (broad SMARTS) is 3. The van der Waals surface area contributed by atoms with Gasteiger partial charge < -0.3 is 41.2 Å². The summed E-state index contributed by atoms with van der Waals surface area (Å²) in [5.74, 6) is -4.30. The van der Waals surface area contributed by atoms with Crippen LogP contribution in [-0.4, -0.2) is 186 Å². The van der Waals surface area contributed by atoms with Crippen molar-refractivity contribution in [3.8, 4) is 0 Å². The average molecular weight is 646 g/mol. The number of rotatable bonds is 19. The molecule has 1 aliphatic heterocycles. The fourth-order valence-electron chi connectivity index (χ4n) is 4.51. The summed E-state index contributed by atoms with van der Waals surface area (Å²) in [5.41, 5.74) is 0. The fourth-order valence-corrected chi connectivity index (χ4v) is 4.51. The molecule has 1 fully saturated rings. The smallest absolute Gasteiger partial charge is 0.317 e. The number of nitrogens with zero attached hydrogens (tertiary/aromatic N) is 4. The Morgan fingerprint density at radius 3 is 1.44 bits per heavy atom. The van der Waals surface area contributed by atoms with Crippen LogP contribution in [-0.2, 0) is 33.6 Å². The van der Waals surface area contributed by atoms with Crippen molar-refractivity contribution in [2.24, 2.45) is 0 Å². The predicted octanol–water partition coefficient (Wildman–Crippen LogP) is -4.07. The first kappa shape index (κ1) is 39.3. The van der Waals surface area contributed by atoms with Gasteiger partial charge in [0.25, 0.3) is 0 Å². The first-order chi connectivity index (χ1) is 21.4. The summed E-state index contributed by atoms with van der Waals surface area (Å²) in [6, 6.07) is -1.02. The molecule has 256 valence electrons. The molecule has 0 aliphatic carbocycles. The highest BCUT2D eigenvalue weighted by Gasteiger charge is 2.21. The van der Waals surface area contributed by atoms with Gasteiger partial charge in [0.15, 0.2) is 0 Å². The van der Waals surface area contributed by atoms with Crippen molar-refractivity contribution >= 4 is 41.9 Å². The number of aldehydes is 1. The Kier molecular flexibility index (Phi) is 19.9. The van der Waals surface area contributed by atoms with E-state index in [4.69, 9.17) is 5.11 Å². The molecule has 1 atom stereocenters. The van der Waals surface area contributed by atoms with Crippen molar-refractivity contribution in [3.05, 3.63) is 0 Å². The number of hydrogen-bond acceptors (Lipinski definition) is 12. The molecular weight excluding hydrogens is 598 g/mol. The molecule has 0 bridgehead atoms. The molecule has 0 aromatic heterocycles. The summed E-state index contributed by atoms with van der Waals surface area (Å²) in [6.07, 6.45) is 2.31.